The number of anilines is 3. The van der Waals surface area contributed by atoms with E-state index in [9.17, 15) is 9.90 Å². The van der Waals surface area contributed by atoms with Crippen LogP contribution in [0.2, 0.25) is 0 Å². The highest BCUT2D eigenvalue weighted by molar-refractivity contribution is 6.02. The van der Waals surface area contributed by atoms with Crippen LogP contribution < -0.4 is 16.8 Å². The molecular weight excluding hydrogens is 266 g/mol. The van der Waals surface area contributed by atoms with Crippen molar-refractivity contribution < 1.29 is 9.90 Å². The highest BCUT2D eigenvalue weighted by atomic mass is 16.3. The number of phenolic OH excluding ortho intramolecular Hbond substituents is 1. The van der Waals surface area contributed by atoms with Crippen LogP contribution in [0.5, 0.6) is 5.75 Å². The van der Waals surface area contributed by atoms with Crippen LogP contribution in [-0.4, -0.2) is 11.0 Å². The normalized spacial score (nSPS) is 10.7. The molecule has 2 aromatic rings. The molecule has 5 nitrogen and oxygen atoms in total. The van der Waals surface area contributed by atoms with Gasteiger partial charge in [0.25, 0.3) is 0 Å². The minimum absolute atomic E-state index is 0.136. The van der Waals surface area contributed by atoms with Gasteiger partial charge >= 0.3 is 0 Å². The molecule has 0 atom stereocenters. The van der Waals surface area contributed by atoms with Crippen LogP contribution in [0.3, 0.4) is 0 Å². The van der Waals surface area contributed by atoms with Gasteiger partial charge in [0.1, 0.15) is 5.75 Å². The molecular formula is C16H17N3O2. The smallest absolute Gasteiger partial charge is 0.248 e. The van der Waals surface area contributed by atoms with Gasteiger partial charge in [-0.25, -0.2) is 0 Å². The van der Waals surface area contributed by atoms with E-state index in [4.69, 9.17) is 11.5 Å². The number of phenols is 1. The van der Waals surface area contributed by atoms with E-state index in [0.717, 1.165) is 5.56 Å². The van der Waals surface area contributed by atoms with Gasteiger partial charge in [-0.3, -0.25) is 4.79 Å². The van der Waals surface area contributed by atoms with Crippen molar-refractivity contribution >= 4 is 29.0 Å². The number of rotatable bonds is 3. The standard InChI is InChI=1S/C16H17N3O2/c1-10-2-5-13(9-15(10)20)19-16(21)7-3-11-8-12(17)4-6-14(11)18/h2-9,20H,17-18H2,1H3,(H,19,21)/b7-3+. The number of hydrogen-bond donors (Lipinski definition) is 4. The number of nitrogens with one attached hydrogen (secondary N) is 1. The van der Waals surface area contributed by atoms with Crippen LogP contribution in [0.25, 0.3) is 6.08 Å². The fourth-order valence-corrected chi connectivity index (χ4v) is 1.77. The van der Waals surface area contributed by atoms with Crippen molar-refractivity contribution in [3.05, 3.63) is 53.6 Å². The van der Waals surface area contributed by atoms with E-state index in [1.165, 1.54) is 12.1 Å². The van der Waals surface area contributed by atoms with Crippen molar-refractivity contribution in [1.29, 1.82) is 0 Å². The first-order valence-corrected chi connectivity index (χ1v) is 6.39. The molecule has 0 heterocycles. The number of carbonyl (C=O) groups is 1. The molecule has 0 aliphatic carbocycles. The topological polar surface area (TPSA) is 101 Å². The maximum Gasteiger partial charge on any atom is 0.248 e. The zero-order valence-corrected chi connectivity index (χ0v) is 11.6. The minimum Gasteiger partial charge on any atom is -0.508 e. The Hall–Kier alpha value is -2.95. The summed E-state index contributed by atoms with van der Waals surface area (Å²) >= 11 is 0. The molecule has 1 amide bonds. The second kappa shape index (κ2) is 6.00. The molecule has 0 saturated heterocycles. The third kappa shape index (κ3) is 3.76. The molecule has 0 fully saturated rings. The fraction of sp³-hybridized carbons (Fsp3) is 0.0625. The molecule has 0 aliphatic heterocycles. The predicted molar refractivity (Wildman–Crippen MR) is 85.8 cm³/mol. The van der Waals surface area contributed by atoms with Gasteiger partial charge < -0.3 is 21.9 Å². The van der Waals surface area contributed by atoms with E-state index in [1.54, 1.807) is 43.3 Å². The molecule has 0 aliphatic rings. The number of amides is 1. The third-order valence-electron chi connectivity index (χ3n) is 3.00. The van der Waals surface area contributed by atoms with E-state index in [2.05, 4.69) is 5.32 Å². The Morgan fingerprint density at radius 2 is 1.95 bits per heavy atom. The monoisotopic (exact) mass is 283 g/mol. The SMILES string of the molecule is Cc1ccc(NC(=O)/C=C/c2cc(N)ccc2N)cc1O. The average molecular weight is 283 g/mol. The first kappa shape index (κ1) is 14.5. The Morgan fingerprint density at radius 3 is 2.67 bits per heavy atom. The number of nitrogens with two attached hydrogens (primary N) is 2. The first-order chi connectivity index (χ1) is 9.95. The second-order valence-electron chi connectivity index (χ2n) is 4.71. The molecule has 2 aromatic carbocycles. The fourth-order valence-electron chi connectivity index (χ4n) is 1.77. The summed E-state index contributed by atoms with van der Waals surface area (Å²) < 4.78 is 0. The van der Waals surface area contributed by atoms with Crippen LogP contribution >= 0.6 is 0 Å². The maximum atomic E-state index is 11.8. The molecule has 0 aromatic heterocycles. The molecule has 0 bridgehead atoms. The van der Waals surface area contributed by atoms with E-state index in [1.807, 2.05) is 0 Å². The molecule has 0 spiro atoms. The Kier molecular flexibility index (Phi) is 4.13. The van der Waals surface area contributed by atoms with Crippen LogP contribution in [0.15, 0.2) is 42.5 Å². The lowest BCUT2D eigenvalue weighted by molar-refractivity contribution is -0.111. The molecule has 2 rings (SSSR count). The van der Waals surface area contributed by atoms with E-state index >= 15 is 0 Å². The highest BCUT2D eigenvalue weighted by Crippen LogP contribution is 2.21. The van der Waals surface area contributed by atoms with Crippen LogP contribution in [0, 0.1) is 6.92 Å². The van der Waals surface area contributed by atoms with Crippen molar-refractivity contribution in [3.8, 4) is 5.75 Å². The van der Waals surface area contributed by atoms with E-state index in [0.29, 0.717) is 22.6 Å². The quantitative estimate of drug-likeness (QED) is 0.513. The van der Waals surface area contributed by atoms with Gasteiger partial charge in [0.05, 0.1) is 0 Å². The molecule has 0 radical (unpaired) electrons. The van der Waals surface area contributed by atoms with Crippen molar-refractivity contribution in [3.63, 3.8) is 0 Å². The van der Waals surface area contributed by atoms with Crippen LogP contribution in [0.1, 0.15) is 11.1 Å². The summed E-state index contributed by atoms with van der Waals surface area (Å²) in [5, 5.41) is 12.2. The Morgan fingerprint density at radius 1 is 1.19 bits per heavy atom. The van der Waals surface area contributed by atoms with Crippen LogP contribution in [-0.2, 0) is 4.79 Å². The maximum absolute atomic E-state index is 11.8. The second-order valence-corrected chi connectivity index (χ2v) is 4.71. The zero-order valence-electron chi connectivity index (χ0n) is 11.6. The highest BCUT2D eigenvalue weighted by Gasteiger charge is 2.02. The lowest BCUT2D eigenvalue weighted by atomic mass is 10.1. The van der Waals surface area contributed by atoms with Gasteiger partial charge in [-0.2, -0.15) is 0 Å². The number of aromatic hydroxyl groups is 1. The Balaban J connectivity index is 2.09. The molecule has 6 N–H and O–H groups in total. The minimum atomic E-state index is -0.319. The number of carbonyl (C=O) groups excluding carboxylic acids is 1. The van der Waals surface area contributed by atoms with Gasteiger partial charge in [0.2, 0.25) is 5.91 Å². The van der Waals surface area contributed by atoms with Gasteiger partial charge in [-0.05, 0) is 48.4 Å². The molecule has 5 heteroatoms. The Bertz CT molecular complexity index is 709. The summed E-state index contributed by atoms with van der Waals surface area (Å²) in [7, 11) is 0. The first-order valence-electron chi connectivity index (χ1n) is 6.39. The molecule has 0 unspecified atom stereocenters. The van der Waals surface area contributed by atoms with Crippen molar-refractivity contribution in [1.82, 2.24) is 0 Å². The number of hydrogen-bond acceptors (Lipinski definition) is 4. The van der Waals surface area contributed by atoms with Crippen molar-refractivity contribution in [2.45, 2.75) is 6.92 Å². The summed E-state index contributed by atoms with van der Waals surface area (Å²) in [5.74, 6) is -0.183. The summed E-state index contributed by atoms with van der Waals surface area (Å²) in [6.07, 6.45) is 2.96. The Labute approximate surface area is 122 Å². The van der Waals surface area contributed by atoms with Crippen LogP contribution in [0.4, 0.5) is 17.1 Å². The van der Waals surface area contributed by atoms with Crippen molar-refractivity contribution in [2.24, 2.45) is 0 Å². The number of nitrogen functional groups attached to an aromatic ring is 2. The zero-order chi connectivity index (χ0) is 15.4. The van der Waals surface area contributed by atoms with Gasteiger partial charge in [-0.15, -0.1) is 0 Å². The molecule has 21 heavy (non-hydrogen) atoms. The number of benzene rings is 2. The van der Waals surface area contributed by atoms with Gasteiger partial charge in [-0.1, -0.05) is 6.07 Å². The van der Waals surface area contributed by atoms with E-state index in [-0.39, 0.29) is 11.7 Å². The predicted octanol–water partition coefficient (Wildman–Crippen LogP) is 2.52. The summed E-state index contributed by atoms with van der Waals surface area (Å²) in [6.45, 7) is 1.78. The summed E-state index contributed by atoms with van der Waals surface area (Å²) in [4.78, 5) is 11.8. The summed E-state index contributed by atoms with van der Waals surface area (Å²) in [5.41, 5.74) is 14.5. The largest absolute Gasteiger partial charge is 0.508 e. The lowest BCUT2D eigenvalue weighted by Gasteiger charge is -2.05. The van der Waals surface area contributed by atoms with Crippen molar-refractivity contribution in [2.75, 3.05) is 16.8 Å². The third-order valence-corrected chi connectivity index (χ3v) is 3.00. The van der Waals surface area contributed by atoms with E-state index < -0.39 is 0 Å². The number of aryl methyl sites for hydroxylation is 1. The lowest BCUT2D eigenvalue weighted by Crippen LogP contribution is -2.07. The van der Waals surface area contributed by atoms with Gasteiger partial charge in [0.15, 0.2) is 0 Å². The average Bonchev–Trinajstić information content (AvgIpc) is 2.44. The molecule has 0 saturated carbocycles. The molecule has 108 valence electrons. The van der Waals surface area contributed by atoms with Gasteiger partial charge in [0, 0.05) is 29.2 Å². The summed E-state index contributed by atoms with van der Waals surface area (Å²) in [6, 6.07) is 10.0.